The summed E-state index contributed by atoms with van der Waals surface area (Å²) >= 11 is 12.9. The second-order valence-corrected chi connectivity index (χ2v) is 12.8. The number of hydrogen-bond acceptors (Lipinski definition) is 6. The van der Waals surface area contributed by atoms with E-state index >= 15 is 0 Å². The summed E-state index contributed by atoms with van der Waals surface area (Å²) in [5.74, 6) is -0.183. The molecule has 1 atom stereocenters. The zero-order valence-electron chi connectivity index (χ0n) is 25.0. The third kappa shape index (κ3) is 6.36. The number of aromatic nitrogens is 1. The number of amides is 3. The number of imide groups is 1. The number of carbonyl (C=O) groups excluding carboxylic acids is 3. The van der Waals surface area contributed by atoms with Crippen LogP contribution in [0.25, 0.3) is 11.1 Å². The summed E-state index contributed by atoms with van der Waals surface area (Å²) < 4.78 is 11.5. The van der Waals surface area contributed by atoms with E-state index in [-0.39, 0.29) is 29.8 Å². The number of halogens is 2. The smallest absolute Gasteiger partial charge is 0.410 e. The second-order valence-electron chi connectivity index (χ2n) is 12.0. The van der Waals surface area contributed by atoms with E-state index in [2.05, 4.69) is 11.1 Å². The largest absolute Gasteiger partial charge is 0.490 e. The van der Waals surface area contributed by atoms with Crippen LogP contribution in [0.5, 0.6) is 5.75 Å². The summed E-state index contributed by atoms with van der Waals surface area (Å²) in [7, 11) is 0. The Morgan fingerprint density at radius 2 is 1.67 bits per heavy atom. The Balaban J connectivity index is 1.19. The van der Waals surface area contributed by atoms with E-state index in [0.29, 0.717) is 52.9 Å². The van der Waals surface area contributed by atoms with Crippen molar-refractivity contribution in [3.63, 3.8) is 0 Å². The molecule has 226 valence electrons. The summed E-state index contributed by atoms with van der Waals surface area (Å²) in [6, 6.07) is 9.95. The van der Waals surface area contributed by atoms with Crippen LogP contribution in [0.15, 0.2) is 42.7 Å². The minimum absolute atomic E-state index is 0.0379. The number of benzene rings is 2. The molecule has 0 radical (unpaired) electrons. The maximum atomic E-state index is 13.1. The number of rotatable bonds is 8. The van der Waals surface area contributed by atoms with E-state index in [1.165, 1.54) is 4.90 Å². The van der Waals surface area contributed by atoms with Crippen molar-refractivity contribution in [3.05, 3.63) is 80.6 Å². The SMILES string of the molecule is Cc1c(C)c(Cl)c2c(c1Cl)C(=O)N(CCCc1cccc(-c3cncc(OCC4CCN4C(=O)OC(C)(C)C)c3)c1)C2=O. The molecule has 1 fully saturated rings. The Bertz CT molecular complexity index is 1550. The molecule has 0 spiro atoms. The van der Waals surface area contributed by atoms with Gasteiger partial charge in [0, 0.05) is 24.8 Å². The number of hydrogen-bond donors (Lipinski definition) is 0. The molecule has 10 heteroatoms. The van der Waals surface area contributed by atoms with Gasteiger partial charge in [0.25, 0.3) is 11.8 Å². The first-order valence-corrected chi connectivity index (χ1v) is 15.1. The Hall–Kier alpha value is -3.62. The summed E-state index contributed by atoms with van der Waals surface area (Å²) in [6.45, 7) is 10.4. The fourth-order valence-corrected chi connectivity index (χ4v) is 5.90. The number of nitrogens with zero attached hydrogens (tertiary/aromatic N) is 3. The van der Waals surface area contributed by atoms with Crippen LogP contribution in [0, 0.1) is 13.8 Å². The van der Waals surface area contributed by atoms with E-state index in [9.17, 15) is 14.4 Å². The van der Waals surface area contributed by atoms with Crippen LogP contribution in [0.1, 0.15) is 71.0 Å². The Morgan fingerprint density at radius 3 is 2.28 bits per heavy atom. The van der Waals surface area contributed by atoms with Crippen LogP contribution in [0.3, 0.4) is 0 Å². The standard InChI is InChI=1S/C33H35Cl2N3O5/c1-19-20(2)29(35)27-26(28(19)34)30(39)38(31(27)40)12-7-9-21-8-6-10-22(14-21)23-15-25(17-36-16-23)42-18-24-11-13-37(24)32(41)43-33(3,4)5/h6,8,10,14-17,24H,7,9,11-13,18H2,1-5H3. The fourth-order valence-electron chi connectivity index (χ4n) is 5.26. The molecule has 2 aliphatic heterocycles. The lowest BCUT2D eigenvalue weighted by Crippen LogP contribution is -2.55. The van der Waals surface area contributed by atoms with Gasteiger partial charge in [0.2, 0.25) is 0 Å². The minimum Gasteiger partial charge on any atom is -0.490 e. The minimum atomic E-state index is -0.541. The average Bonchev–Trinajstić information content (AvgIpc) is 3.19. The first-order chi connectivity index (χ1) is 20.4. The number of ether oxygens (including phenoxy) is 2. The van der Waals surface area contributed by atoms with Gasteiger partial charge >= 0.3 is 6.09 Å². The van der Waals surface area contributed by atoms with Gasteiger partial charge < -0.3 is 14.4 Å². The molecule has 3 aromatic rings. The average molecular weight is 625 g/mol. The summed E-state index contributed by atoms with van der Waals surface area (Å²) in [4.78, 5) is 45.9. The van der Waals surface area contributed by atoms with E-state index < -0.39 is 17.4 Å². The van der Waals surface area contributed by atoms with Crippen molar-refractivity contribution < 1.29 is 23.9 Å². The van der Waals surface area contributed by atoms with E-state index in [1.807, 2.05) is 45.0 Å². The van der Waals surface area contributed by atoms with Crippen molar-refractivity contribution in [1.29, 1.82) is 0 Å². The van der Waals surface area contributed by atoms with Gasteiger partial charge in [0.05, 0.1) is 33.4 Å². The molecule has 1 unspecified atom stereocenters. The predicted molar refractivity (Wildman–Crippen MR) is 166 cm³/mol. The molecule has 3 amide bonds. The maximum absolute atomic E-state index is 13.1. The monoisotopic (exact) mass is 623 g/mol. The van der Waals surface area contributed by atoms with Crippen LogP contribution >= 0.6 is 23.2 Å². The fraction of sp³-hybridized carbons (Fsp3) is 0.394. The second kappa shape index (κ2) is 12.2. The van der Waals surface area contributed by atoms with Crippen molar-refractivity contribution in [1.82, 2.24) is 14.8 Å². The highest BCUT2D eigenvalue weighted by atomic mass is 35.5. The molecule has 5 rings (SSSR count). The topological polar surface area (TPSA) is 89.0 Å². The molecule has 1 saturated heterocycles. The van der Waals surface area contributed by atoms with Crippen molar-refractivity contribution in [2.75, 3.05) is 19.7 Å². The highest BCUT2D eigenvalue weighted by Gasteiger charge is 2.40. The molecule has 8 nitrogen and oxygen atoms in total. The zero-order valence-corrected chi connectivity index (χ0v) is 26.5. The van der Waals surface area contributed by atoms with Gasteiger partial charge in [0.15, 0.2) is 0 Å². The van der Waals surface area contributed by atoms with Gasteiger partial charge in [-0.2, -0.15) is 0 Å². The first kappa shape index (κ1) is 30.8. The molecular formula is C33H35Cl2N3O5. The van der Waals surface area contributed by atoms with Crippen LogP contribution in [-0.4, -0.2) is 64.0 Å². The van der Waals surface area contributed by atoms with Crippen LogP contribution in [0.2, 0.25) is 10.0 Å². The molecule has 2 aliphatic rings. The number of fused-ring (bicyclic) bond motifs is 1. The molecular weight excluding hydrogens is 589 g/mol. The Labute approximate surface area is 261 Å². The molecule has 0 N–H and O–H groups in total. The molecule has 0 saturated carbocycles. The van der Waals surface area contributed by atoms with Crippen LogP contribution < -0.4 is 4.74 Å². The van der Waals surface area contributed by atoms with E-state index in [4.69, 9.17) is 32.7 Å². The van der Waals surface area contributed by atoms with E-state index in [0.717, 1.165) is 23.1 Å². The lowest BCUT2D eigenvalue weighted by atomic mass is 10.0. The van der Waals surface area contributed by atoms with Crippen molar-refractivity contribution >= 4 is 41.1 Å². The van der Waals surface area contributed by atoms with Crippen molar-refractivity contribution in [3.8, 4) is 16.9 Å². The highest BCUT2D eigenvalue weighted by Crippen LogP contribution is 2.39. The van der Waals surface area contributed by atoms with Crippen molar-refractivity contribution in [2.45, 2.75) is 65.5 Å². The van der Waals surface area contributed by atoms with Gasteiger partial charge in [-0.1, -0.05) is 47.5 Å². The quantitative estimate of drug-likeness (QED) is 0.245. The summed E-state index contributed by atoms with van der Waals surface area (Å²) in [5.41, 5.74) is 4.20. The van der Waals surface area contributed by atoms with Crippen LogP contribution in [0.4, 0.5) is 4.79 Å². The lowest BCUT2D eigenvalue weighted by molar-refractivity contribution is -0.0141. The predicted octanol–water partition coefficient (Wildman–Crippen LogP) is 7.29. The summed E-state index contributed by atoms with van der Waals surface area (Å²) in [6.07, 6.45) is 5.21. The Morgan fingerprint density at radius 1 is 1.00 bits per heavy atom. The number of aryl methyl sites for hydroxylation is 1. The van der Waals surface area contributed by atoms with Crippen LogP contribution in [-0.2, 0) is 11.2 Å². The zero-order chi connectivity index (χ0) is 31.1. The molecule has 1 aromatic heterocycles. The molecule has 43 heavy (non-hydrogen) atoms. The maximum Gasteiger partial charge on any atom is 0.410 e. The first-order valence-electron chi connectivity index (χ1n) is 14.4. The molecule has 0 aliphatic carbocycles. The van der Waals surface area contributed by atoms with Gasteiger partial charge in [-0.3, -0.25) is 19.5 Å². The van der Waals surface area contributed by atoms with E-state index in [1.54, 1.807) is 31.1 Å². The van der Waals surface area contributed by atoms with Gasteiger partial charge in [-0.25, -0.2) is 4.79 Å². The number of pyridine rings is 1. The highest BCUT2D eigenvalue weighted by molar-refractivity contribution is 6.42. The lowest BCUT2D eigenvalue weighted by Gasteiger charge is -2.40. The summed E-state index contributed by atoms with van der Waals surface area (Å²) in [5, 5.41) is 0.580. The van der Waals surface area contributed by atoms with Gasteiger partial charge in [-0.15, -0.1) is 0 Å². The molecule has 0 bridgehead atoms. The normalized spacial score (nSPS) is 16.3. The molecule has 2 aromatic carbocycles. The third-order valence-corrected chi connectivity index (χ3v) is 8.81. The third-order valence-electron chi connectivity index (χ3n) is 7.86. The number of carbonyl (C=O) groups is 3. The number of likely N-dealkylation sites (tertiary alicyclic amines) is 1. The van der Waals surface area contributed by atoms with Gasteiger partial charge in [-0.05, 0) is 82.2 Å². The molecule has 3 heterocycles. The Kier molecular flexibility index (Phi) is 8.72. The van der Waals surface area contributed by atoms with Gasteiger partial charge in [0.1, 0.15) is 18.0 Å². The van der Waals surface area contributed by atoms with Crippen molar-refractivity contribution in [2.24, 2.45) is 0 Å².